The van der Waals surface area contributed by atoms with Crippen molar-refractivity contribution in [3.8, 4) is 5.75 Å². The standard InChI is InChI=1S/C25H38N2O5Si/c1-6-11-25(22(17-26-25)19(2)32-33(3,4)5)16-23(28)20-7-9-21(10-8-20)31-18-24(29)27-12-14-30-15-13-27/h6-10,19,22,26H,1,11-18H2,2-5H3/t19-,22-,25-/m1/s1. The zero-order valence-corrected chi connectivity index (χ0v) is 21.4. The fourth-order valence-electron chi connectivity index (χ4n) is 4.69. The predicted octanol–water partition coefficient (Wildman–Crippen LogP) is 3.27. The number of carbonyl (C=O) groups is 2. The van der Waals surface area contributed by atoms with Gasteiger partial charge in [-0.1, -0.05) is 6.08 Å². The molecule has 1 aromatic carbocycles. The van der Waals surface area contributed by atoms with Crippen LogP contribution in [0.3, 0.4) is 0 Å². The maximum absolute atomic E-state index is 13.1. The monoisotopic (exact) mass is 474 g/mol. The molecule has 0 bridgehead atoms. The van der Waals surface area contributed by atoms with Gasteiger partial charge in [-0.2, -0.15) is 0 Å². The molecule has 0 aliphatic carbocycles. The first-order valence-corrected chi connectivity index (χ1v) is 15.2. The fourth-order valence-corrected chi connectivity index (χ4v) is 5.96. The minimum absolute atomic E-state index is 0.0175. The second-order valence-electron chi connectivity index (χ2n) is 9.98. The molecule has 1 N–H and O–H groups in total. The van der Waals surface area contributed by atoms with Gasteiger partial charge < -0.3 is 24.1 Å². The molecular weight excluding hydrogens is 436 g/mol. The second-order valence-corrected chi connectivity index (χ2v) is 14.4. The molecule has 0 unspecified atom stereocenters. The average molecular weight is 475 g/mol. The van der Waals surface area contributed by atoms with Gasteiger partial charge in [-0.3, -0.25) is 9.59 Å². The van der Waals surface area contributed by atoms with Gasteiger partial charge in [0.25, 0.3) is 5.91 Å². The Labute approximate surface area is 198 Å². The van der Waals surface area contributed by atoms with Crippen molar-refractivity contribution in [2.24, 2.45) is 5.92 Å². The third kappa shape index (κ3) is 6.76. The molecular formula is C25H38N2O5Si. The molecule has 1 amide bonds. The van der Waals surface area contributed by atoms with Crippen molar-refractivity contribution in [2.75, 3.05) is 39.5 Å². The summed E-state index contributed by atoms with van der Waals surface area (Å²) in [6.45, 7) is 15.8. The van der Waals surface area contributed by atoms with Crippen LogP contribution < -0.4 is 10.1 Å². The number of hydrogen-bond acceptors (Lipinski definition) is 6. The summed E-state index contributed by atoms with van der Waals surface area (Å²) in [4.78, 5) is 27.1. The van der Waals surface area contributed by atoms with E-state index in [0.29, 0.717) is 50.5 Å². The van der Waals surface area contributed by atoms with Crippen LogP contribution in [0.1, 0.15) is 30.1 Å². The molecule has 2 saturated heterocycles. The van der Waals surface area contributed by atoms with Crippen molar-refractivity contribution in [1.82, 2.24) is 10.2 Å². The summed E-state index contributed by atoms with van der Waals surface area (Å²) < 4.78 is 17.2. The topological polar surface area (TPSA) is 77.1 Å². The highest BCUT2D eigenvalue weighted by molar-refractivity contribution is 6.69. The van der Waals surface area contributed by atoms with Crippen LogP contribution >= 0.6 is 0 Å². The van der Waals surface area contributed by atoms with E-state index in [0.717, 1.165) is 6.54 Å². The summed E-state index contributed by atoms with van der Waals surface area (Å²) in [7, 11) is -1.67. The Kier molecular flexibility index (Phi) is 8.50. The Morgan fingerprint density at radius 1 is 1.27 bits per heavy atom. The minimum Gasteiger partial charge on any atom is -0.484 e. The highest BCUT2D eigenvalue weighted by Gasteiger charge is 2.50. The van der Waals surface area contributed by atoms with Crippen LogP contribution in [-0.4, -0.2) is 76.0 Å². The lowest BCUT2D eigenvalue weighted by Gasteiger charge is -2.53. The molecule has 2 aliphatic heterocycles. The van der Waals surface area contributed by atoms with Crippen LogP contribution in [0.25, 0.3) is 0 Å². The Hall–Kier alpha value is -2.00. The Morgan fingerprint density at radius 2 is 1.94 bits per heavy atom. The third-order valence-corrected chi connectivity index (χ3v) is 7.46. The van der Waals surface area contributed by atoms with E-state index in [1.807, 2.05) is 6.08 Å². The van der Waals surface area contributed by atoms with Crippen molar-refractivity contribution < 1.29 is 23.5 Å². The van der Waals surface area contributed by atoms with Gasteiger partial charge in [0.2, 0.25) is 0 Å². The van der Waals surface area contributed by atoms with E-state index in [1.54, 1.807) is 29.2 Å². The molecule has 0 spiro atoms. The zero-order chi connectivity index (χ0) is 24.1. The Bertz CT molecular complexity index is 832. The number of rotatable bonds is 11. The first-order chi connectivity index (χ1) is 15.6. The van der Waals surface area contributed by atoms with E-state index in [-0.39, 0.29) is 35.9 Å². The number of Topliss-reactive ketones (excluding diaryl/α,β-unsaturated/α-hetero) is 1. The number of carbonyl (C=O) groups excluding carboxylic acids is 2. The molecule has 3 atom stereocenters. The summed E-state index contributed by atoms with van der Waals surface area (Å²) in [6.07, 6.45) is 3.08. The van der Waals surface area contributed by atoms with Crippen molar-refractivity contribution in [3.63, 3.8) is 0 Å². The molecule has 2 aliphatic rings. The maximum Gasteiger partial charge on any atom is 0.260 e. The summed E-state index contributed by atoms with van der Waals surface area (Å²) in [5.74, 6) is 0.859. The second kappa shape index (κ2) is 10.9. The first-order valence-electron chi connectivity index (χ1n) is 11.8. The number of nitrogens with one attached hydrogen (secondary N) is 1. The highest BCUT2D eigenvalue weighted by atomic mass is 28.4. The molecule has 2 fully saturated rings. The minimum atomic E-state index is -1.67. The number of ketones is 1. The van der Waals surface area contributed by atoms with Gasteiger partial charge in [-0.15, -0.1) is 6.58 Å². The molecule has 0 aromatic heterocycles. The van der Waals surface area contributed by atoms with Gasteiger partial charge in [-0.05, 0) is 57.3 Å². The molecule has 33 heavy (non-hydrogen) atoms. The SMILES string of the molecule is C=CC[C@]1(CC(=O)c2ccc(OCC(=O)N3CCOCC3)cc2)NC[C@@H]1[C@@H](C)O[Si](C)(C)C. The van der Waals surface area contributed by atoms with Gasteiger partial charge >= 0.3 is 0 Å². The summed E-state index contributed by atoms with van der Waals surface area (Å²) in [5, 5.41) is 3.52. The molecule has 3 rings (SSSR count). The van der Waals surface area contributed by atoms with Gasteiger partial charge in [-0.25, -0.2) is 0 Å². The third-order valence-electron chi connectivity index (χ3n) is 6.38. The molecule has 182 valence electrons. The lowest BCUT2D eigenvalue weighted by Crippen LogP contribution is -2.69. The lowest BCUT2D eigenvalue weighted by molar-refractivity contribution is -0.137. The van der Waals surface area contributed by atoms with E-state index in [2.05, 4.69) is 38.5 Å². The van der Waals surface area contributed by atoms with Gasteiger partial charge in [0.05, 0.1) is 13.2 Å². The van der Waals surface area contributed by atoms with E-state index >= 15 is 0 Å². The normalized spacial score (nSPS) is 24.0. The van der Waals surface area contributed by atoms with Crippen LogP contribution in [0, 0.1) is 5.92 Å². The van der Waals surface area contributed by atoms with E-state index in [1.165, 1.54) is 0 Å². The highest BCUT2D eigenvalue weighted by Crippen LogP contribution is 2.38. The zero-order valence-electron chi connectivity index (χ0n) is 20.4. The summed E-state index contributed by atoms with van der Waals surface area (Å²) in [6, 6.07) is 7.05. The molecule has 0 saturated carbocycles. The van der Waals surface area contributed by atoms with Gasteiger partial charge in [0.15, 0.2) is 20.7 Å². The number of benzene rings is 1. The first kappa shape index (κ1) is 25.6. The van der Waals surface area contributed by atoms with Crippen molar-refractivity contribution in [3.05, 3.63) is 42.5 Å². The fraction of sp³-hybridized carbons (Fsp3) is 0.600. The Balaban J connectivity index is 1.58. The van der Waals surface area contributed by atoms with Crippen LogP contribution in [0.2, 0.25) is 19.6 Å². The van der Waals surface area contributed by atoms with Crippen molar-refractivity contribution >= 4 is 20.0 Å². The van der Waals surface area contributed by atoms with Crippen LogP contribution in [0.15, 0.2) is 36.9 Å². The number of morpholine rings is 1. The quantitative estimate of drug-likeness (QED) is 0.301. The average Bonchev–Trinajstić information content (AvgIpc) is 2.76. The number of ether oxygens (including phenoxy) is 2. The predicted molar refractivity (Wildman–Crippen MR) is 131 cm³/mol. The lowest BCUT2D eigenvalue weighted by atomic mass is 9.68. The van der Waals surface area contributed by atoms with Crippen molar-refractivity contribution in [2.45, 2.75) is 51.0 Å². The Morgan fingerprint density at radius 3 is 2.48 bits per heavy atom. The van der Waals surface area contributed by atoms with E-state index in [4.69, 9.17) is 13.9 Å². The largest absolute Gasteiger partial charge is 0.484 e. The molecule has 7 nitrogen and oxygen atoms in total. The number of hydrogen-bond donors (Lipinski definition) is 1. The molecule has 1 aromatic rings. The molecule has 8 heteroatoms. The van der Waals surface area contributed by atoms with Crippen LogP contribution in [-0.2, 0) is 14.0 Å². The smallest absolute Gasteiger partial charge is 0.260 e. The van der Waals surface area contributed by atoms with Gasteiger partial charge in [0, 0.05) is 49.2 Å². The molecule has 2 heterocycles. The molecule has 0 radical (unpaired) electrons. The van der Waals surface area contributed by atoms with Crippen molar-refractivity contribution in [1.29, 1.82) is 0 Å². The van der Waals surface area contributed by atoms with Crippen LogP contribution in [0.4, 0.5) is 0 Å². The summed E-state index contributed by atoms with van der Waals surface area (Å²) in [5.41, 5.74) is 0.314. The number of amides is 1. The maximum atomic E-state index is 13.1. The van der Waals surface area contributed by atoms with E-state index in [9.17, 15) is 9.59 Å². The van der Waals surface area contributed by atoms with Crippen LogP contribution in [0.5, 0.6) is 5.75 Å². The number of nitrogens with zero attached hydrogens (tertiary/aromatic N) is 1. The van der Waals surface area contributed by atoms with E-state index < -0.39 is 8.32 Å². The summed E-state index contributed by atoms with van der Waals surface area (Å²) >= 11 is 0. The van der Waals surface area contributed by atoms with Gasteiger partial charge in [0.1, 0.15) is 5.75 Å².